The fourth-order valence-corrected chi connectivity index (χ4v) is 1.73. The average Bonchev–Trinajstić information content (AvgIpc) is 2.58. The molecular weight excluding hydrogens is 152 g/mol. The molecule has 0 amide bonds. The topological polar surface area (TPSA) is 24.5 Å². The van der Waals surface area contributed by atoms with E-state index in [9.17, 15) is 0 Å². The van der Waals surface area contributed by atoms with Gasteiger partial charge in [0.25, 0.3) is 0 Å². The molecule has 0 bridgehead atoms. The molecule has 3 nitrogen and oxygen atoms in total. The lowest BCUT2D eigenvalue weighted by Gasteiger charge is -2.30. The van der Waals surface area contributed by atoms with Gasteiger partial charge in [-0.05, 0) is 26.3 Å². The highest BCUT2D eigenvalue weighted by Gasteiger charge is 2.25. The van der Waals surface area contributed by atoms with Crippen LogP contribution < -0.4 is 5.32 Å². The molecule has 1 aliphatic heterocycles. The van der Waals surface area contributed by atoms with E-state index >= 15 is 0 Å². The van der Waals surface area contributed by atoms with Crippen molar-refractivity contribution >= 4 is 0 Å². The molecule has 1 rings (SSSR count). The van der Waals surface area contributed by atoms with Gasteiger partial charge in [0.1, 0.15) is 0 Å². The predicted octanol–water partition coefficient (Wildman–Crippen LogP) is 1.01. The predicted molar refractivity (Wildman–Crippen MR) is 49.9 cm³/mol. The normalized spacial score (nSPS) is 26.5. The first-order valence-electron chi connectivity index (χ1n) is 4.82. The molecule has 1 heterocycles. The van der Waals surface area contributed by atoms with Crippen LogP contribution in [0.25, 0.3) is 0 Å². The molecule has 0 saturated carbocycles. The van der Waals surface area contributed by atoms with Crippen molar-refractivity contribution in [3.8, 4) is 0 Å². The molecule has 0 spiro atoms. The van der Waals surface area contributed by atoms with Crippen LogP contribution in [-0.2, 0) is 4.84 Å². The summed E-state index contributed by atoms with van der Waals surface area (Å²) in [6.07, 6.45) is 2.35. The van der Waals surface area contributed by atoms with E-state index in [0.717, 1.165) is 19.5 Å². The Balaban J connectivity index is 2.42. The molecule has 12 heavy (non-hydrogen) atoms. The van der Waals surface area contributed by atoms with Gasteiger partial charge < -0.3 is 10.2 Å². The van der Waals surface area contributed by atoms with Crippen molar-refractivity contribution < 1.29 is 4.84 Å². The quantitative estimate of drug-likeness (QED) is 0.641. The van der Waals surface area contributed by atoms with Crippen LogP contribution in [0, 0.1) is 0 Å². The lowest BCUT2D eigenvalue weighted by atomic mass is 10.2. The molecule has 1 saturated heterocycles. The van der Waals surface area contributed by atoms with E-state index < -0.39 is 0 Å². The van der Waals surface area contributed by atoms with Crippen molar-refractivity contribution in [3.63, 3.8) is 0 Å². The maximum Gasteiger partial charge on any atom is 0.0575 e. The number of nitrogens with zero attached hydrogens (tertiary/aromatic N) is 1. The number of hydrogen-bond acceptors (Lipinski definition) is 3. The fraction of sp³-hybridized carbons (Fsp3) is 1.00. The zero-order chi connectivity index (χ0) is 8.97. The molecule has 0 aromatic rings. The van der Waals surface area contributed by atoms with Crippen molar-refractivity contribution in [2.45, 2.75) is 38.8 Å². The Labute approximate surface area is 75.0 Å². The number of hydrogen-bond donors (Lipinski definition) is 1. The Morgan fingerprint density at radius 1 is 1.67 bits per heavy atom. The molecular formula is C9H20N2O. The largest absolute Gasteiger partial charge is 0.315 e. The maximum absolute atomic E-state index is 5.38. The third kappa shape index (κ3) is 2.19. The molecule has 3 heteroatoms. The van der Waals surface area contributed by atoms with Crippen molar-refractivity contribution in [2.24, 2.45) is 0 Å². The summed E-state index contributed by atoms with van der Waals surface area (Å²) in [5, 5.41) is 5.47. The molecule has 0 radical (unpaired) electrons. The Bertz CT molecular complexity index is 124. The lowest BCUT2D eigenvalue weighted by Crippen LogP contribution is -2.41. The fourth-order valence-electron chi connectivity index (χ4n) is 1.73. The SMILES string of the molecule is CCC(C)N(OC)C1CCNC1. The van der Waals surface area contributed by atoms with Gasteiger partial charge in [-0.3, -0.25) is 0 Å². The first kappa shape index (κ1) is 9.96. The first-order valence-corrected chi connectivity index (χ1v) is 4.82. The molecule has 1 N–H and O–H groups in total. The summed E-state index contributed by atoms with van der Waals surface area (Å²) in [5.41, 5.74) is 0. The van der Waals surface area contributed by atoms with E-state index in [0.29, 0.717) is 12.1 Å². The second-order valence-electron chi connectivity index (χ2n) is 3.45. The van der Waals surface area contributed by atoms with Crippen LogP contribution in [0.15, 0.2) is 0 Å². The Kier molecular flexibility index (Phi) is 3.98. The Morgan fingerprint density at radius 2 is 2.42 bits per heavy atom. The van der Waals surface area contributed by atoms with Crippen molar-refractivity contribution in [2.75, 3.05) is 20.2 Å². The maximum atomic E-state index is 5.38. The van der Waals surface area contributed by atoms with Gasteiger partial charge in [-0.25, -0.2) is 0 Å². The summed E-state index contributed by atoms with van der Waals surface area (Å²) in [4.78, 5) is 5.38. The minimum absolute atomic E-state index is 0.528. The van der Waals surface area contributed by atoms with Gasteiger partial charge >= 0.3 is 0 Å². The lowest BCUT2D eigenvalue weighted by molar-refractivity contribution is -0.182. The molecule has 0 aromatic heterocycles. The Hall–Kier alpha value is -0.120. The van der Waals surface area contributed by atoms with Gasteiger partial charge in [-0.15, -0.1) is 0 Å². The van der Waals surface area contributed by atoms with Gasteiger partial charge in [0.15, 0.2) is 0 Å². The summed E-state index contributed by atoms with van der Waals surface area (Å²) in [7, 11) is 1.77. The molecule has 72 valence electrons. The zero-order valence-electron chi connectivity index (χ0n) is 8.34. The van der Waals surface area contributed by atoms with Crippen LogP contribution in [0.2, 0.25) is 0 Å². The Morgan fingerprint density at radius 3 is 2.83 bits per heavy atom. The van der Waals surface area contributed by atoms with Crippen LogP contribution >= 0.6 is 0 Å². The highest BCUT2D eigenvalue weighted by molar-refractivity contribution is 4.78. The molecule has 2 unspecified atom stereocenters. The van der Waals surface area contributed by atoms with Gasteiger partial charge in [0.05, 0.1) is 7.11 Å². The summed E-state index contributed by atoms with van der Waals surface area (Å²) >= 11 is 0. The number of hydroxylamine groups is 2. The standard InChI is InChI=1S/C9H20N2O/c1-4-8(2)11(12-3)9-5-6-10-7-9/h8-10H,4-7H2,1-3H3. The molecule has 1 aliphatic rings. The zero-order valence-corrected chi connectivity index (χ0v) is 8.34. The van der Waals surface area contributed by atoms with E-state index in [2.05, 4.69) is 24.2 Å². The smallest absolute Gasteiger partial charge is 0.0575 e. The summed E-state index contributed by atoms with van der Waals surface area (Å²) in [6.45, 7) is 6.60. The van der Waals surface area contributed by atoms with E-state index in [4.69, 9.17) is 4.84 Å². The van der Waals surface area contributed by atoms with Crippen LogP contribution in [0.4, 0.5) is 0 Å². The molecule has 2 atom stereocenters. The van der Waals surface area contributed by atoms with Crippen LogP contribution in [0.3, 0.4) is 0 Å². The van der Waals surface area contributed by atoms with E-state index in [1.807, 2.05) is 0 Å². The summed E-state index contributed by atoms with van der Waals surface area (Å²) in [6, 6.07) is 1.10. The molecule has 0 aliphatic carbocycles. The van der Waals surface area contributed by atoms with Crippen molar-refractivity contribution in [3.05, 3.63) is 0 Å². The van der Waals surface area contributed by atoms with Gasteiger partial charge in [0, 0.05) is 18.6 Å². The van der Waals surface area contributed by atoms with E-state index in [1.165, 1.54) is 6.42 Å². The number of rotatable bonds is 4. The third-order valence-corrected chi connectivity index (χ3v) is 2.63. The molecule has 0 aromatic carbocycles. The first-order chi connectivity index (χ1) is 5.79. The summed E-state index contributed by atoms with van der Waals surface area (Å²) in [5.74, 6) is 0. The average molecular weight is 172 g/mol. The van der Waals surface area contributed by atoms with E-state index in [1.54, 1.807) is 7.11 Å². The monoisotopic (exact) mass is 172 g/mol. The minimum Gasteiger partial charge on any atom is -0.315 e. The minimum atomic E-state index is 0.528. The van der Waals surface area contributed by atoms with Gasteiger partial charge in [0.2, 0.25) is 0 Å². The van der Waals surface area contributed by atoms with Crippen LogP contribution in [-0.4, -0.2) is 37.3 Å². The third-order valence-electron chi connectivity index (χ3n) is 2.63. The number of nitrogens with one attached hydrogen (secondary N) is 1. The highest BCUT2D eigenvalue weighted by atomic mass is 16.7. The van der Waals surface area contributed by atoms with Gasteiger partial charge in [-0.1, -0.05) is 6.92 Å². The summed E-state index contributed by atoms with van der Waals surface area (Å²) < 4.78 is 0. The van der Waals surface area contributed by atoms with Crippen molar-refractivity contribution in [1.29, 1.82) is 0 Å². The van der Waals surface area contributed by atoms with E-state index in [-0.39, 0.29) is 0 Å². The second-order valence-corrected chi connectivity index (χ2v) is 3.45. The second kappa shape index (κ2) is 4.80. The van der Waals surface area contributed by atoms with Crippen LogP contribution in [0.5, 0.6) is 0 Å². The molecule has 1 fully saturated rings. The van der Waals surface area contributed by atoms with Crippen molar-refractivity contribution in [1.82, 2.24) is 10.4 Å². The highest BCUT2D eigenvalue weighted by Crippen LogP contribution is 2.13. The van der Waals surface area contributed by atoms with Crippen LogP contribution in [0.1, 0.15) is 26.7 Å². The van der Waals surface area contributed by atoms with Gasteiger partial charge in [-0.2, -0.15) is 5.06 Å².